The van der Waals surface area contributed by atoms with Gasteiger partial charge in [-0.2, -0.15) is 0 Å². The summed E-state index contributed by atoms with van der Waals surface area (Å²) in [4.78, 5) is 0. The SMILES string of the molecule is CC[Si](CC)(CC)O[C@H]1CC=C(c2ccccc2)[C@H](C)[C@@H](O)[C@@H]1C. The smallest absolute Gasteiger partial charge is 0.192 e. The first-order valence-electron chi connectivity index (χ1n) is 9.59. The molecule has 0 heterocycles. The molecule has 0 radical (unpaired) electrons. The van der Waals surface area contributed by atoms with E-state index in [1.807, 2.05) is 6.07 Å². The molecular formula is C21H34O2Si. The lowest BCUT2D eigenvalue weighted by Crippen LogP contribution is -2.44. The molecule has 1 aliphatic rings. The van der Waals surface area contributed by atoms with Gasteiger partial charge in [0.15, 0.2) is 8.32 Å². The van der Waals surface area contributed by atoms with Crippen molar-refractivity contribution in [2.75, 3.05) is 0 Å². The van der Waals surface area contributed by atoms with Gasteiger partial charge in [0.05, 0.1) is 12.2 Å². The van der Waals surface area contributed by atoms with Crippen LogP contribution in [-0.4, -0.2) is 25.6 Å². The molecule has 0 saturated heterocycles. The van der Waals surface area contributed by atoms with E-state index in [1.54, 1.807) is 0 Å². The molecule has 0 aromatic heterocycles. The van der Waals surface area contributed by atoms with Crippen molar-refractivity contribution in [1.29, 1.82) is 0 Å². The van der Waals surface area contributed by atoms with Gasteiger partial charge in [-0.05, 0) is 35.7 Å². The predicted molar refractivity (Wildman–Crippen MR) is 105 cm³/mol. The third kappa shape index (κ3) is 4.01. The number of hydrogen-bond acceptors (Lipinski definition) is 2. The Morgan fingerprint density at radius 2 is 1.62 bits per heavy atom. The van der Waals surface area contributed by atoms with Gasteiger partial charge in [0.1, 0.15) is 0 Å². The van der Waals surface area contributed by atoms with Crippen LogP contribution in [0, 0.1) is 11.8 Å². The Morgan fingerprint density at radius 3 is 2.17 bits per heavy atom. The monoisotopic (exact) mass is 346 g/mol. The number of hydrogen-bond donors (Lipinski definition) is 1. The van der Waals surface area contributed by atoms with Crippen LogP contribution in [-0.2, 0) is 4.43 Å². The molecule has 1 aromatic rings. The van der Waals surface area contributed by atoms with E-state index >= 15 is 0 Å². The van der Waals surface area contributed by atoms with E-state index in [2.05, 4.69) is 65.0 Å². The Morgan fingerprint density at radius 1 is 1.04 bits per heavy atom. The third-order valence-electron chi connectivity index (χ3n) is 6.14. The maximum Gasteiger partial charge on any atom is 0.192 e. The van der Waals surface area contributed by atoms with E-state index in [-0.39, 0.29) is 24.0 Å². The highest BCUT2D eigenvalue weighted by atomic mass is 28.4. The van der Waals surface area contributed by atoms with Crippen LogP contribution in [0.4, 0.5) is 0 Å². The fourth-order valence-electron chi connectivity index (χ4n) is 3.99. The Bertz CT molecular complexity index is 528. The maximum atomic E-state index is 10.9. The fraction of sp³-hybridized carbons (Fsp3) is 0.619. The van der Waals surface area contributed by atoms with Gasteiger partial charge in [0, 0.05) is 11.8 Å². The van der Waals surface area contributed by atoms with Crippen LogP contribution in [0.1, 0.15) is 46.6 Å². The molecule has 1 aliphatic carbocycles. The highest BCUT2D eigenvalue weighted by molar-refractivity contribution is 6.73. The number of rotatable bonds is 6. The van der Waals surface area contributed by atoms with Crippen LogP contribution in [0.3, 0.4) is 0 Å². The molecule has 0 spiro atoms. The summed E-state index contributed by atoms with van der Waals surface area (Å²) in [6, 6.07) is 13.9. The summed E-state index contributed by atoms with van der Waals surface area (Å²) >= 11 is 0. The molecule has 2 nitrogen and oxygen atoms in total. The molecule has 134 valence electrons. The zero-order chi connectivity index (χ0) is 17.7. The first-order chi connectivity index (χ1) is 11.5. The predicted octanol–water partition coefficient (Wildman–Crippen LogP) is 5.50. The molecule has 0 unspecified atom stereocenters. The van der Waals surface area contributed by atoms with E-state index in [9.17, 15) is 5.11 Å². The number of aliphatic hydroxyl groups is 1. The van der Waals surface area contributed by atoms with Crippen molar-refractivity contribution in [3.63, 3.8) is 0 Å². The second-order valence-electron chi connectivity index (χ2n) is 7.30. The lowest BCUT2D eigenvalue weighted by Gasteiger charge is -2.37. The van der Waals surface area contributed by atoms with Crippen LogP contribution in [0.15, 0.2) is 36.4 Å². The normalized spacial score (nSPS) is 28.3. The summed E-state index contributed by atoms with van der Waals surface area (Å²) in [5.74, 6) is 0.297. The second-order valence-corrected chi connectivity index (χ2v) is 12.0. The van der Waals surface area contributed by atoms with E-state index in [0.717, 1.165) is 24.6 Å². The highest BCUT2D eigenvalue weighted by Crippen LogP contribution is 2.37. The zero-order valence-corrected chi connectivity index (χ0v) is 17.0. The average molecular weight is 347 g/mol. The first-order valence-corrected chi connectivity index (χ1v) is 12.1. The minimum Gasteiger partial charge on any atom is -0.413 e. The summed E-state index contributed by atoms with van der Waals surface area (Å²) in [6.45, 7) is 11.1. The first kappa shape index (κ1) is 19.4. The Kier molecular flexibility index (Phi) is 6.85. The highest BCUT2D eigenvalue weighted by Gasteiger charge is 2.38. The molecular weight excluding hydrogens is 312 g/mol. The topological polar surface area (TPSA) is 29.5 Å². The van der Waals surface area contributed by atoms with E-state index in [0.29, 0.717) is 0 Å². The van der Waals surface area contributed by atoms with Crippen molar-refractivity contribution in [1.82, 2.24) is 0 Å². The van der Waals surface area contributed by atoms with Gasteiger partial charge in [0.25, 0.3) is 0 Å². The second kappa shape index (κ2) is 8.46. The van der Waals surface area contributed by atoms with Crippen molar-refractivity contribution in [2.24, 2.45) is 11.8 Å². The van der Waals surface area contributed by atoms with E-state index < -0.39 is 8.32 Å². The maximum absolute atomic E-state index is 10.9. The van der Waals surface area contributed by atoms with Gasteiger partial charge >= 0.3 is 0 Å². The van der Waals surface area contributed by atoms with E-state index in [1.165, 1.54) is 11.1 Å². The molecule has 1 N–H and O–H groups in total. The molecule has 2 rings (SSSR count). The summed E-state index contributed by atoms with van der Waals surface area (Å²) < 4.78 is 6.76. The van der Waals surface area contributed by atoms with Crippen LogP contribution < -0.4 is 0 Å². The average Bonchev–Trinajstić information content (AvgIpc) is 2.73. The number of benzene rings is 1. The third-order valence-corrected chi connectivity index (χ3v) is 10.8. The van der Waals surface area contributed by atoms with Crippen LogP contribution >= 0.6 is 0 Å². The van der Waals surface area contributed by atoms with Gasteiger partial charge in [-0.3, -0.25) is 0 Å². The fourth-order valence-corrected chi connectivity index (χ4v) is 6.94. The summed E-state index contributed by atoms with van der Waals surface area (Å²) in [7, 11) is -1.66. The molecule has 0 amide bonds. The molecule has 4 atom stereocenters. The minimum atomic E-state index is -1.66. The summed E-state index contributed by atoms with van der Waals surface area (Å²) in [6.07, 6.45) is 3.00. The summed E-state index contributed by atoms with van der Waals surface area (Å²) in [5.41, 5.74) is 2.49. The summed E-state index contributed by atoms with van der Waals surface area (Å²) in [5, 5.41) is 10.9. The quantitative estimate of drug-likeness (QED) is 0.689. The van der Waals surface area contributed by atoms with Gasteiger partial charge < -0.3 is 9.53 Å². The van der Waals surface area contributed by atoms with E-state index in [4.69, 9.17) is 4.43 Å². The van der Waals surface area contributed by atoms with Crippen LogP contribution in [0.25, 0.3) is 5.57 Å². The number of aliphatic hydroxyl groups excluding tert-OH is 1. The zero-order valence-electron chi connectivity index (χ0n) is 16.0. The Hall–Kier alpha value is -0.903. The van der Waals surface area contributed by atoms with Crippen molar-refractivity contribution >= 4 is 13.9 Å². The van der Waals surface area contributed by atoms with Gasteiger partial charge in [-0.15, -0.1) is 0 Å². The van der Waals surface area contributed by atoms with Gasteiger partial charge in [0.2, 0.25) is 0 Å². The van der Waals surface area contributed by atoms with Crippen molar-refractivity contribution in [3.05, 3.63) is 42.0 Å². The molecule has 0 fully saturated rings. The molecule has 3 heteroatoms. The standard InChI is InChI=1S/C21H34O2Si/c1-6-24(7-2,8-3)23-20-15-14-19(16(4)21(22)17(20)5)18-12-10-9-11-13-18/h9-14,16-17,20-22H,6-8,15H2,1-5H3/t16-,17+,20-,21+/m0/s1. The van der Waals surface area contributed by atoms with Crippen molar-refractivity contribution < 1.29 is 9.53 Å². The van der Waals surface area contributed by atoms with Crippen LogP contribution in [0.5, 0.6) is 0 Å². The minimum absolute atomic E-state index is 0.134. The van der Waals surface area contributed by atoms with Gasteiger partial charge in [-0.25, -0.2) is 0 Å². The molecule has 1 aromatic carbocycles. The van der Waals surface area contributed by atoms with Crippen molar-refractivity contribution in [3.8, 4) is 0 Å². The van der Waals surface area contributed by atoms with Gasteiger partial charge in [-0.1, -0.05) is 71.0 Å². The Balaban J connectivity index is 2.28. The lowest BCUT2D eigenvalue weighted by atomic mass is 9.85. The Labute approximate surface area is 149 Å². The van der Waals surface area contributed by atoms with Crippen LogP contribution in [0.2, 0.25) is 18.1 Å². The molecule has 0 aliphatic heterocycles. The molecule has 0 saturated carbocycles. The lowest BCUT2D eigenvalue weighted by molar-refractivity contribution is 0.0181. The molecule has 0 bridgehead atoms. The van der Waals surface area contributed by atoms with Crippen molar-refractivity contribution in [2.45, 2.75) is 71.4 Å². The molecule has 24 heavy (non-hydrogen) atoms. The largest absolute Gasteiger partial charge is 0.413 e.